The van der Waals surface area contributed by atoms with Gasteiger partial charge in [0.2, 0.25) is 0 Å². The summed E-state index contributed by atoms with van der Waals surface area (Å²) in [6, 6.07) is 13.9. The van der Waals surface area contributed by atoms with E-state index in [9.17, 15) is 5.11 Å². The van der Waals surface area contributed by atoms with E-state index in [0.717, 1.165) is 23.9 Å². The first-order chi connectivity index (χ1) is 11.8. The number of aromatic nitrogens is 2. The number of aryl methyl sites for hydroxylation is 1. The van der Waals surface area contributed by atoms with Crippen LogP contribution in [0.5, 0.6) is 5.75 Å². The van der Waals surface area contributed by atoms with Crippen LogP contribution >= 0.6 is 0 Å². The number of fused-ring (bicyclic) bond motifs is 5. The van der Waals surface area contributed by atoms with Crippen molar-refractivity contribution in [2.75, 3.05) is 0 Å². The molecule has 2 aromatic heterocycles. The Bertz CT molecular complexity index is 1060. The lowest BCUT2D eigenvalue weighted by Crippen LogP contribution is -2.07. The van der Waals surface area contributed by atoms with Gasteiger partial charge in [-0.2, -0.15) is 0 Å². The maximum absolute atomic E-state index is 9.59. The molecule has 0 radical (unpaired) electrons. The van der Waals surface area contributed by atoms with Crippen molar-refractivity contribution in [1.29, 1.82) is 0 Å². The number of rotatable bonds is 1. The monoisotopic (exact) mass is 314 g/mol. The summed E-state index contributed by atoms with van der Waals surface area (Å²) in [5.74, 6) is 0.304. The van der Waals surface area contributed by atoms with Gasteiger partial charge in [-0.25, -0.2) is 0 Å². The molecule has 0 aliphatic heterocycles. The molecule has 2 N–H and O–H groups in total. The highest BCUT2D eigenvalue weighted by molar-refractivity contribution is 6.08. The van der Waals surface area contributed by atoms with E-state index in [1.165, 1.54) is 46.0 Å². The summed E-state index contributed by atoms with van der Waals surface area (Å²) in [4.78, 5) is 8.13. The number of pyridine rings is 1. The number of benzene rings is 2. The molecule has 4 aromatic rings. The molecule has 0 fully saturated rings. The zero-order valence-electron chi connectivity index (χ0n) is 13.3. The van der Waals surface area contributed by atoms with Gasteiger partial charge in [0.25, 0.3) is 0 Å². The number of hydrogen-bond acceptors (Lipinski definition) is 2. The Balaban J connectivity index is 1.88. The standard InChI is InChI=1S/C21H18N2O/c24-14-7-5-13(6-8-14)21-16-4-2-1-3-15(16)20-17-11-12-22-18(17)9-10-19(20)23-21/h5-12,23-24H,1-4H2. The highest BCUT2D eigenvalue weighted by Gasteiger charge is 2.20. The fourth-order valence-electron chi connectivity index (χ4n) is 4.05. The minimum atomic E-state index is 0.304. The van der Waals surface area contributed by atoms with Gasteiger partial charge >= 0.3 is 0 Å². The summed E-state index contributed by atoms with van der Waals surface area (Å²) in [6.07, 6.45) is 6.59. The summed E-state index contributed by atoms with van der Waals surface area (Å²) < 4.78 is 0. The number of nitrogens with zero attached hydrogens (tertiary/aromatic N) is 1. The first-order valence-electron chi connectivity index (χ1n) is 8.52. The Kier molecular flexibility index (Phi) is 2.89. The number of aromatic hydroxyl groups is 1. The molecule has 3 heteroatoms. The highest BCUT2D eigenvalue weighted by Crippen LogP contribution is 2.38. The fourth-order valence-corrected chi connectivity index (χ4v) is 4.05. The Hall–Kier alpha value is -2.81. The van der Waals surface area contributed by atoms with Gasteiger partial charge in [-0.1, -0.05) is 0 Å². The van der Waals surface area contributed by atoms with Crippen LogP contribution in [0.1, 0.15) is 24.0 Å². The van der Waals surface area contributed by atoms with Crippen molar-refractivity contribution in [3.8, 4) is 17.0 Å². The molecule has 118 valence electrons. The second-order valence-electron chi connectivity index (χ2n) is 6.58. The van der Waals surface area contributed by atoms with Crippen molar-refractivity contribution in [2.45, 2.75) is 25.7 Å². The lowest BCUT2D eigenvalue weighted by Gasteiger charge is -2.23. The van der Waals surface area contributed by atoms with E-state index in [2.05, 4.69) is 28.2 Å². The Morgan fingerprint density at radius 2 is 1.67 bits per heavy atom. The van der Waals surface area contributed by atoms with E-state index in [1.54, 1.807) is 12.1 Å². The van der Waals surface area contributed by atoms with E-state index in [0.29, 0.717) is 5.75 Å². The first kappa shape index (κ1) is 13.6. The summed E-state index contributed by atoms with van der Waals surface area (Å²) >= 11 is 0. The lowest BCUT2D eigenvalue weighted by atomic mass is 9.85. The SMILES string of the molecule is Oc1ccc(-c2[nH]c3ccc4nccc4c3c3c2CCCC3)cc1. The van der Waals surface area contributed by atoms with Gasteiger partial charge in [0.1, 0.15) is 5.75 Å². The topological polar surface area (TPSA) is 48.9 Å². The largest absolute Gasteiger partial charge is 0.508 e. The van der Waals surface area contributed by atoms with Crippen LogP contribution in [-0.2, 0) is 12.8 Å². The molecule has 5 rings (SSSR count). The smallest absolute Gasteiger partial charge is 0.115 e. The molecule has 2 aromatic carbocycles. The Labute approximate surface area is 140 Å². The third-order valence-corrected chi connectivity index (χ3v) is 5.16. The number of phenols is 1. The molecule has 0 spiro atoms. The molecular weight excluding hydrogens is 296 g/mol. The lowest BCUT2D eigenvalue weighted by molar-refractivity contribution is 0.475. The summed E-state index contributed by atoms with van der Waals surface area (Å²) in [6.45, 7) is 0. The van der Waals surface area contributed by atoms with E-state index in [4.69, 9.17) is 0 Å². The van der Waals surface area contributed by atoms with E-state index < -0.39 is 0 Å². The number of phenolic OH excluding ortho intramolecular Hbond substituents is 1. The van der Waals surface area contributed by atoms with E-state index >= 15 is 0 Å². The fraction of sp³-hybridized carbons (Fsp3) is 0.190. The van der Waals surface area contributed by atoms with E-state index in [1.807, 2.05) is 18.3 Å². The van der Waals surface area contributed by atoms with E-state index in [-0.39, 0.29) is 0 Å². The van der Waals surface area contributed by atoms with Crippen molar-refractivity contribution in [2.24, 2.45) is 0 Å². The second-order valence-corrected chi connectivity index (χ2v) is 6.58. The van der Waals surface area contributed by atoms with Gasteiger partial charge in [-0.05, 0) is 84.8 Å². The van der Waals surface area contributed by atoms with Crippen molar-refractivity contribution in [3.63, 3.8) is 0 Å². The number of aromatic amines is 1. The normalized spacial score (nSPS) is 14.2. The van der Waals surface area contributed by atoms with Crippen LogP contribution in [0.15, 0.2) is 48.7 Å². The molecule has 1 aliphatic carbocycles. The minimum absolute atomic E-state index is 0.304. The van der Waals surface area contributed by atoms with Gasteiger partial charge in [0, 0.05) is 28.2 Å². The second kappa shape index (κ2) is 5.10. The zero-order valence-corrected chi connectivity index (χ0v) is 13.3. The van der Waals surface area contributed by atoms with Crippen LogP contribution in [0.3, 0.4) is 0 Å². The van der Waals surface area contributed by atoms with Gasteiger partial charge in [0.15, 0.2) is 0 Å². The zero-order chi connectivity index (χ0) is 16.1. The molecule has 24 heavy (non-hydrogen) atoms. The molecule has 1 aliphatic rings. The quantitative estimate of drug-likeness (QED) is 0.521. The van der Waals surface area contributed by atoms with Crippen LogP contribution in [0.2, 0.25) is 0 Å². The van der Waals surface area contributed by atoms with Gasteiger partial charge in [-0.15, -0.1) is 0 Å². The average molecular weight is 314 g/mol. The maximum Gasteiger partial charge on any atom is 0.115 e. The molecule has 0 saturated carbocycles. The van der Waals surface area contributed by atoms with Crippen LogP contribution in [0, 0.1) is 0 Å². The average Bonchev–Trinajstić information content (AvgIpc) is 3.10. The van der Waals surface area contributed by atoms with Crippen molar-refractivity contribution in [1.82, 2.24) is 9.97 Å². The van der Waals surface area contributed by atoms with Crippen molar-refractivity contribution >= 4 is 21.8 Å². The Morgan fingerprint density at radius 3 is 2.50 bits per heavy atom. The molecule has 0 amide bonds. The molecule has 3 nitrogen and oxygen atoms in total. The third kappa shape index (κ3) is 1.94. The molecule has 0 atom stereocenters. The van der Waals surface area contributed by atoms with Crippen LogP contribution in [0.25, 0.3) is 33.1 Å². The van der Waals surface area contributed by atoms with Gasteiger partial charge in [0.05, 0.1) is 5.52 Å². The first-order valence-corrected chi connectivity index (χ1v) is 8.52. The summed E-state index contributed by atoms with van der Waals surface area (Å²) in [5, 5.41) is 12.2. The summed E-state index contributed by atoms with van der Waals surface area (Å²) in [7, 11) is 0. The number of H-pyrrole nitrogens is 1. The van der Waals surface area contributed by atoms with Crippen molar-refractivity contribution < 1.29 is 5.11 Å². The number of nitrogens with one attached hydrogen (secondary N) is 1. The molecule has 0 saturated heterocycles. The number of hydrogen-bond donors (Lipinski definition) is 2. The van der Waals surface area contributed by atoms with Crippen LogP contribution < -0.4 is 0 Å². The summed E-state index contributed by atoms with van der Waals surface area (Å²) in [5.41, 5.74) is 7.45. The minimum Gasteiger partial charge on any atom is -0.508 e. The maximum atomic E-state index is 9.59. The van der Waals surface area contributed by atoms with Crippen LogP contribution in [0.4, 0.5) is 0 Å². The predicted molar refractivity (Wildman–Crippen MR) is 97.3 cm³/mol. The molecule has 0 unspecified atom stereocenters. The van der Waals surface area contributed by atoms with Gasteiger partial charge in [-0.3, -0.25) is 4.98 Å². The molecule has 2 heterocycles. The predicted octanol–water partition coefficient (Wildman–Crippen LogP) is 4.97. The van der Waals surface area contributed by atoms with Crippen molar-refractivity contribution in [3.05, 3.63) is 59.8 Å². The Morgan fingerprint density at radius 1 is 0.875 bits per heavy atom. The highest BCUT2D eigenvalue weighted by atomic mass is 16.3. The van der Waals surface area contributed by atoms with Gasteiger partial charge < -0.3 is 10.1 Å². The molecular formula is C21H18N2O. The third-order valence-electron chi connectivity index (χ3n) is 5.16. The van der Waals surface area contributed by atoms with Crippen LogP contribution in [-0.4, -0.2) is 15.1 Å². The molecule has 0 bridgehead atoms.